The number of nitrogens with zero attached hydrogens (tertiary/aromatic N) is 3. The van der Waals surface area contributed by atoms with Crippen LogP contribution < -0.4 is 5.73 Å². The molecule has 2 aromatic heterocycles. The Balaban J connectivity index is 1.76. The van der Waals surface area contributed by atoms with Crippen LogP contribution in [0.25, 0.3) is 11.1 Å². The van der Waals surface area contributed by atoms with Gasteiger partial charge in [0.1, 0.15) is 5.52 Å². The van der Waals surface area contributed by atoms with Gasteiger partial charge < -0.3 is 10.2 Å². The number of nitrogen functional groups attached to an aromatic ring is 1. The van der Waals surface area contributed by atoms with Crippen molar-refractivity contribution in [2.75, 3.05) is 5.73 Å². The van der Waals surface area contributed by atoms with Crippen molar-refractivity contribution in [1.82, 2.24) is 15.0 Å². The molecule has 0 aliphatic rings. The van der Waals surface area contributed by atoms with Gasteiger partial charge in [-0.15, -0.1) is 0 Å². The highest BCUT2D eigenvalue weighted by molar-refractivity contribution is 7.98. The second-order valence-corrected chi connectivity index (χ2v) is 5.11. The van der Waals surface area contributed by atoms with Crippen molar-refractivity contribution in [3.8, 4) is 0 Å². The van der Waals surface area contributed by atoms with Crippen LogP contribution in [-0.2, 0) is 5.75 Å². The minimum Gasteiger partial charge on any atom is -0.440 e. The Kier molecular flexibility index (Phi) is 3.08. The van der Waals surface area contributed by atoms with Gasteiger partial charge in [-0.1, -0.05) is 11.8 Å². The van der Waals surface area contributed by atoms with Crippen molar-refractivity contribution in [3.05, 3.63) is 42.0 Å². The molecule has 1 aromatic carbocycles. The first-order valence-corrected chi connectivity index (χ1v) is 6.76. The van der Waals surface area contributed by atoms with Crippen LogP contribution in [0.15, 0.2) is 40.2 Å². The SMILES string of the molecule is Cc1cnc(SCc2nc3cc(N)ccc3o2)nc1. The summed E-state index contributed by atoms with van der Waals surface area (Å²) in [5, 5.41) is 0.715. The maximum atomic E-state index is 5.71. The first-order valence-electron chi connectivity index (χ1n) is 5.77. The van der Waals surface area contributed by atoms with Gasteiger partial charge in [-0.3, -0.25) is 0 Å². The Bertz CT molecular complexity index is 708. The molecule has 0 unspecified atom stereocenters. The summed E-state index contributed by atoms with van der Waals surface area (Å²) in [4.78, 5) is 12.8. The van der Waals surface area contributed by atoms with Gasteiger partial charge in [0.15, 0.2) is 10.7 Å². The van der Waals surface area contributed by atoms with E-state index in [-0.39, 0.29) is 0 Å². The fraction of sp³-hybridized carbons (Fsp3) is 0.154. The Morgan fingerprint density at radius 2 is 2.05 bits per heavy atom. The summed E-state index contributed by atoms with van der Waals surface area (Å²) in [5.41, 5.74) is 8.95. The fourth-order valence-corrected chi connectivity index (χ4v) is 2.27. The summed E-state index contributed by atoms with van der Waals surface area (Å²) in [6.45, 7) is 1.96. The van der Waals surface area contributed by atoms with Crippen LogP contribution in [0.1, 0.15) is 11.5 Å². The van der Waals surface area contributed by atoms with Crippen LogP contribution in [0, 0.1) is 6.92 Å². The molecule has 2 heterocycles. The molecule has 0 radical (unpaired) electrons. The standard InChI is InChI=1S/C13H12N4OS/c1-8-5-15-13(16-6-8)19-7-12-17-10-4-9(14)2-3-11(10)18-12/h2-6H,7,14H2,1H3. The van der Waals surface area contributed by atoms with E-state index in [9.17, 15) is 0 Å². The van der Waals surface area contributed by atoms with Crippen molar-refractivity contribution in [2.24, 2.45) is 0 Å². The molecule has 2 N–H and O–H groups in total. The number of fused-ring (bicyclic) bond motifs is 1. The lowest BCUT2D eigenvalue weighted by Crippen LogP contribution is -1.88. The van der Waals surface area contributed by atoms with Crippen molar-refractivity contribution < 1.29 is 4.42 Å². The highest BCUT2D eigenvalue weighted by atomic mass is 32.2. The zero-order valence-corrected chi connectivity index (χ0v) is 11.1. The largest absolute Gasteiger partial charge is 0.440 e. The minimum atomic E-state index is 0.595. The normalized spacial score (nSPS) is 11.0. The summed E-state index contributed by atoms with van der Waals surface area (Å²) in [6.07, 6.45) is 3.59. The monoisotopic (exact) mass is 272 g/mol. The van der Waals surface area contributed by atoms with E-state index in [4.69, 9.17) is 10.2 Å². The third kappa shape index (κ3) is 2.68. The molecular formula is C13H12N4OS. The van der Waals surface area contributed by atoms with Crippen molar-refractivity contribution >= 4 is 28.5 Å². The van der Waals surface area contributed by atoms with Crippen LogP contribution in [0.2, 0.25) is 0 Å². The van der Waals surface area contributed by atoms with Gasteiger partial charge >= 0.3 is 0 Å². The molecule has 0 saturated heterocycles. The smallest absolute Gasteiger partial charge is 0.205 e. The minimum absolute atomic E-state index is 0.595. The number of anilines is 1. The summed E-state index contributed by atoms with van der Waals surface area (Å²) in [5.74, 6) is 1.24. The molecule has 6 heteroatoms. The lowest BCUT2D eigenvalue weighted by molar-refractivity contribution is 0.556. The Morgan fingerprint density at radius 3 is 2.84 bits per heavy atom. The van der Waals surface area contributed by atoms with E-state index in [1.54, 1.807) is 24.5 Å². The summed E-state index contributed by atoms with van der Waals surface area (Å²) >= 11 is 1.49. The topological polar surface area (TPSA) is 77.8 Å². The number of rotatable bonds is 3. The first-order chi connectivity index (χ1) is 9.20. The van der Waals surface area contributed by atoms with Crippen molar-refractivity contribution in [1.29, 1.82) is 0 Å². The van der Waals surface area contributed by atoms with Crippen molar-refractivity contribution in [2.45, 2.75) is 17.8 Å². The van der Waals surface area contributed by atoms with Crippen LogP contribution in [0.4, 0.5) is 5.69 Å². The molecular weight excluding hydrogens is 260 g/mol. The first kappa shape index (κ1) is 12.0. The average Bonchev–Trinajstić information content (AvgIpc) is 2.80. The lowest BCUT2D eigenvalue weighted by atomic mass is 10.3. The van der Waals surface area contributed by atoms with Gasteiger partial charge in [-0.2, -0.15) is 0 Å². The van der Waals surface area contributed by atoms with Gasteiger partial charge in [0.05, 0.1) is 5.75 Å². The van der Waals surface area contributed by atoms with E-state index >= 15 is 0 Å². The van der Waals surface area contributed by atoms with Crippen LogP contribution in [0.3, 0.4) is 0 Å². The van der Waals surface area contributed by atoms with E-state index in [2.05, 4.69) is 15.0 Å². The van der Waals surface area contributed by atoms with Gasteiger partial charge in [-0.05, 0) is 30.7 Å². The number of hydrogen-bond acceptors (Lipinski definition) is 6. The van der Waals surface area contributed by atoms with Gasteiger partial charge in [-0.25, -0.2) is 15.0 Å². The molecule has 0 saturated carbocycles. The maximum Gasteiger partial charge on any atom is 0.205 e. The molecule has 19 heavy (non-hydrogen) atoms. The van der Waals surface area contributed by atoms with Gasteiger partial charge in [0, 0.05) is 18.1 Å². The van der Waals surface area contributed by atoms with Gasteiger partial charge in [0.25, 0.3) is 0 Å². The van der Waals surface area contributed by atoms with Crippen molar-refractivity contribution in [3.63, 3.8) is 0 Å². The molecule has 0 bridgehead atoms. The summed E-state index contributed by atoms with van der Waals surface area (Å²) in [6, 6.07) is 5.43. The summed E-state index contributed by atoms with van der Waals surface area (Å²) in [7, 11) is 0. The van der Waals surface area contributed by atoms with E-state index in [0.29, 0.717) is 22.5 Å². The second-order valence-electron chi connectivity index (χ2n) is 4.17. The second kappa shape index (κ2) is 4.89. The van der Waals surface area contributed by atoms with Gasteiger partial charge in [0.2, 0.25) is 5.89 Å². The quantitative estimate of drug-likeness (QED) is 0.449. The number of benzene rings is 1. The van der Waals surface area contributed by atoms with E-state index in [0.717, 1.165) is 16.7 Å². The molecule has 0 spiro atoms. The lowest BCUT2D eigenvalue weighted by Gasteiger charge is -1.96. The van der Waals surface area contributed by atoms with Crippen LogP contribution in [-0.4, -0.2) is 15.0 Å². The highest BCUT2D eigenvalue weighted by Crippen LogP contribution is 2.23. The predicted octanol–water partition coefficient (Wildman–Crippen LogP) is 2.80. The number of aryl methyl sites for hydroxylation is 1. The average molecular weight is 272 g/mol. The fourth-order valence-electron chi connectivity index (χ4n) is 1.64. The molecule has 3 aromatic rings. The molecule has 0 aliphatic heterocycles. The predicted molar refractivity (Wildman–Crippen MR) is 74.8 cm³/mol. The number of aromatic nitrogens is 3. The number of thioether (sulfide) groups is 1. The molecule has 0 fully saturated rings. The molecule has 0 atom stereocenters. The maximum absolute atomic E-state index is 5.71. The Hall–Kier alpha value is -2.08. The molecule has 3 rings (SSSR count). The third-order valence-corrected chi connectivity index (χ3v) is 3.40. The molecule has 96 valence electrons. The third-order valence-electron chi connectivity index (χ3n) is 2.54. The van der Waals surface area contributed by atoms with E-state index < -0.39 is 0 Å². The number of hydrogen-bond donors (Lipinski definition) is 1. The highest BCUT2D eigenvalue weighted by Gasteiger charge is 2.07. The zero-order chi connectivity index (χ0) is 13.2. The molecule has 0 aliphatic carbocycles. The zero-order valence-electron chi connectivity index (χ0n) is 10.3. The Morgan fingerprint density at radius 1 is 1.26 bits per heavy atom. The van der Waals surface area contributed by atoms with E-state index in [1.807, 2.05) is 13.0 Å². The number of nitrogens with two attached hydrogens (primary N) is 1. The number of oxazole rings is 1. The molecule has 0 amide bonds. The van der Waals surface area contributed by atoms with E-state index in [1.165, 1.54) is 11.8 Å². The van der Waals surface area contributed by atoms with Crippen LogP contribution in [0.5, 0.6) is 0 Å². The Labute approximate surface area is 114 Å². The summed E-state index contributed by atoms with van der Waals surface area (Å²) < 4.78 is 5.63. The van der Waals surface area contributed by atoms with Crippen LogP contribution >= 0.6 is 11.8 Å². The molecule has 5 nitrogen and oxygen atoms in total.